The maximum Gasteiger partial charge on any atom is 0.179 e. The van der Waals surface area contributed by atoms with Gasteiger partial charge in [0.1, 0.15) is 5.82 Å². The summed E-state index contributed by atoms with van der Waals surface area (Å²) < 4.78 is 19.6. The van der Waals surface area contributed by atoms with Crippen LogP contribution in [0.4, 0.5) is 10.2 Å². The molecule has 3 aromatic rings. The number of rotatable bonds is 2. The molecule has 2 N–H and O–H groups in total. The quantitative estimate of drug-likeness (QED) is 0.760. The Bertz CT molecular complexity index is 808. The summed E-state index contributed by atoms with van der Waals surface area (Å²) in [6, 6.07) is 13.0. The van der Waals surface area contributed by atoms with Crippen LogP contribution in [0.1, 0.15) is 11.1 Å². The molecule has 0 bridgehead atoms. The Morgan fingerprint density at radius 3 is 2.62 bits per heavy atom. The predicted molar refractivity (Wildman–Crippen MR) is 81.2 cm³/mol. The van der Waals surface area contributed by atoms with E-state index in [4.69, 9.17) is 10.3 Å². The highest BCUT2D eigenvalue weighted by Gasteiger charge is 2.20. The standard InChI is InChI=1S/C17H15FN2O/c1-10-5-3-7-12(9-10)14-16(21-20-17(14)19)13-8-4-6-11(2)15(13)18/h3-9H,1-2H3,(H2,19,20). The van der Waals surface area contributed by atoms with E-state index in [1.54, 1.807) is 25.1 Å². The summed E-state index contributed by atoms with van der Waals surface area (Å²) in [7, 11) is 0. The summed E-state index contributed by atoms with van der Waals surface area (Å²) in [4.78, 5) is 0. The zero-order chi connectivity index (χ0) is 15.0. The first-order chi connectivity index (χ1) is 10.1. The summed E-state index contributed by atoms with van der Waals surface area (Å²) >= 11 is 0. The van der Waals surface area contributed by atoms with Crippen LogP contribution in [0.15, 0.2) is 47.0 Å². The fourth-order valence-corrected chi connectivity index (χ4v) is 2.39. The van der Waals surface area contributed by atoms with Crippen LogP contribution < -0.4 is 5.73 Å². The zero-order valence-corrected chi connectivity index (χ0v) is 11.9. The second-order valence-corrected chi connectivity index (χ2v) is 5.08. The van der Waals surface area contributed by atoms with Crippen molar-refractivity contribution in [2.75, 3.05) is 5.73 Å². The molecule has 0 fully saturated rings. The van der Waals surface area contributed by atoms with Crippen LogP contribution in [0.5, 0.6) is 0 Å². The lowest BCUT2D eigenvalue weighted by molar-refractivity contribution is 0.433. The average molecular weight is 282 g/mol. The van der Waals surface area contributed by atoms with E-state index in [-0.39, 0.29) is 11.6 Å². The van der Waals surface area contributed by atoms with Crippen molar-refractivity contribution in [3.05, 3.63) is 59.4 Å². The minimum absolute atomic E-state index is 0.261. The number of nitrogen functional groups attached to an aromatic ring is 1. The molecule has 0 atom stereocenters. The smallest absolute Gasteiger partial charge is 0.179 e. The summed E-state index contributed by atoms with van der Waals surface area (Å²) in [5.74, 6) is 0.304. The van der Waals surface area contributed by atoms with Gasteiger partial charge in [0, 0.05) is 0 Å². The van der Waals surface area contributed by atoms with Crippen LogP contribution in [0.3, 0.4) is 0 Å². The van der Waals surface area contributed by atoms with Crippen LogP contribution in [-0.2, 0) is 0 Å². The van der Waals surface area contributed by atoms with Gasteiger partial charge in [0.15, 0.2) is 11.6 Å². The lowest BCUT2D eigenvalue weighted by Crippen LogP contribution is -1.91. The number of aromatic nitrogens is 1. The molecule has 21 heavy (non-hydrogen) atoms. The molecule has 0 aliphatic carbocycles. The highest BCUT2D eigenvalue weighted by Crippen LogP contribution is 2.38. The minimum Gasteiger partial charge on any atom is -0.380 e. The van der Waals surface area contributed by atoms with E-state index in [2.05, 4.69) is 5.16 Å². The summed E-state index contributed by atoms with van der Waals surface area (Å²) in [5, 5.41) is 3.81. The number of hydrogen-bond donors (Lipinski definition) is 1. The van der Waals surface area contributed by atoms with Gasteiger partial charge in [-0.3, -0.25) is 0 Å². The van der Waals surface area contributed by atoms with Gasteiger partial charge in [0.2, 0.25) is 0 Å². The molecule has 0 aliphatic rings. The second kappa shape index (κ2) is 5.05. The van der Waals surface area contributed by atoms with Gasteiger partial charge in [-0.2, -0.15) is 0 Å². The summed E-state index contributed by atoms with van der Waals surface area (Å²) in [6.45, 7) is 3.70. The molecule has 0 aliphatic heterocycles. The van der Waals surface area contributed by atoms with Crippen molar-refractivity contribution in [2.45, 2.75) is 13.8 Å². The van der Waals surface area contributed by atoms with E-state index < -0.39 is 0 Å². The molecule has 0 radical (unpaired) electrons. The van der Waals surface area contributed by atoms with E-state index in [1.165, 1.54) is 0 Å². The molecule has 2 aromatic carbocycles. The number of hydrogen-bond acceptors (Lipinski definition) is 3. The number of benzene rings is 2. The Morgan fingerprint density at radius 2 is 1.86 bits per heavy atom. The van der Waals surface area contributed by atoms with Crippen molar-refractivity contribution < 1.29 is 8.91 Å². The maximum atomic E-state index is 14.3. The second-order valence-electron chi connectivity index (χ2n) is 5.08. The third-order valence-corrected chi connectivity index (χ3v) is 3.46. The van der Waals surface area contributed by atoms with Crippen molar-refractivity contribution >= 4 is 5.82 Å². The van der Waals surface area contributed by atoms with Gasteiger partial charge in [-0.1, -0.05) is 47.1 Å². The fraction of sp³-hybridized carbons (Fsp3) is 0.118. The van der Waals surface area contributed by atoms with E-state index in [0.717, 1.165) is 11.1 Å². The average Bonchev–Trinajstić information content (AvgIpc) is 2.83. The lowest BCUT2D eigenvalue weighted by Gasteiger charge is -2.06. The van der Waals surface area contributed by atoms with Gasteiger partial charge in [-0.05, 0) is 31.0 Å². The van der Waals surface area contributed by atoms with Gasteiger partial charge < -0.3 is 10.3 Å². The molecule has 1 heterocycles. The monoisotopic (exact) mass is 282 g/mol. The molecule has 4 heteroatoms. The maximum absolute atomic E-state index is 14.3. The van der Waals surface area contributed by atoms with Crippen molar-refractivity contribution in [3.8, 4) is 22.5 Å². The molecule has 0 unspecified atom stereocenters. The highest BCUT2D eigenvalue weighted by atomic mass is 19.1. The topological polar surface area (TPSA) is 52.0 Å². The molecule has 0 saturated carbocycles. The van der Waals surface area contributed by atoms with Gasteiger partial charge in [0.25, 0.3) is 0 Å². The van der Waals surface area contributed by atoms with E-state index >= 15 is 0 Å². The van der Waals surface area contributed by atoms with Crippen molar-refractivity contribution in [3.63, 3.8) is 0 Å². The Labute approximate surface area is 122 Å². The van der Waals surface area contributed by atoms with E-state index in [1.807, 2.05) is 31.2 Å². The van der Waals surface area contributed by atoms with E-state index in [0.29, 0.717) is 22.5 Å². The number of anilines is 1. The normalized spacial score (nSPS) is 10.8. The Hall–Kier alpha value is -2.62. The van der Waals surface area contributed by atoms with Gasteiger partial charge in [-0.25, -0.2) is 4.39 Å². The van der Waals surface area contributed by atoms with Gasteiger partial charge in [0.05, 0.1) is 11.1 Å². The predicted octanol–water partition coefficient (Wildman–Crippen LogP) is 4.35. The molecule has 3 nitrogen and oxygen atoms in total. The first-order valence-electron chi connectivity index (χ1n) is 6.65. The Balaban J connectivity index is 2.24. The zero-order valence-electron chi connectivity index (χ0n) is 11.9. The van der Waals surface area contributed by atoms with Crippen molar-refractivity contribution in [2.24, 2.45) is 0 Å². The number of nitrogens with two attached hydrogens (primary N) is 1. The lowest BCUT2D eigenvalue weighted by atomic mass is 9.99. The highest BCUT2D eigenvalue weighted by molar-refractivity contribution is 5.87. The minimum atomic E-state index is -0.317. The third kappa shape index (κ3) is 2.29. The molecular weight excluding hydrogens is 267 g/mol. The molecule has 3 rings (SSSR count). The first-order valence-corrected chi connectivity index (χ1v) is 6.65. The summed E-state index contributed by atoms with van der Waals surface area (Å²) in [6.07, 6.45) is 0. The Kier molecular flexibility index (Phi) is 3.22. The Morgan fingerprint density at radius 1 is 1.10 bits per heavy atom. The van der Waals surface area contributed by atoms with Crippen LogP contribution >= 0.6 is 0 Å². The first kappa shape index (κ1) is 13.4. The molecule has 0 spiro atoms. The molecular formula is C17H15FN2O. The van der Waals surface area contributed by atoms with Crippen LogP contribution in [0, 0.1) is 19.7 Å². The summed E-state index contributed by atoms with van der Waals surface area (Å²) in [5.41, 5.74) is 9.43. The molecule has 0 saturated heterocycles. The van der Waals surface area contributed by atoms with E-state index in [9.17, 15) is 4.39 Å². The van der Waals surface area contributed by atoms with Gasteiger partial charge >= 0.3 is 0 Å². The molecule has 0 amide bonds. The number of nitrogens with zero attached hydrogens (tertiary/aromatic N) is 1. The van der Waals surface area contributed by atoms with Crippen LogP contribution in [0.25, 0.3) is 22.5 Å². The van der Waals surface area contributed by atoms with Crippen molar-refractivity contribution in [1.82, 2.24) is 5.16 Å². The molecule has 1 aromatic heterocycles. The van der Waals surface area contributed by atoms with Crippen LogP contribution in [0.2, 0.25) is 0 Å². The van der Waals surface area contributed by atoms with Crippen molar-refractivity contribution in [1.29, 1.82) is 0 Å². The largest absolute Gasteiger partial charge is 0.380 e. The fourth-order valence-electron chi connectivity index (χ4n) is 2.39. The SMILES string of the molecule is Cc1cccc(-c2c(N)noc2-c2cccc(C)c2F)c1. The van der Waals surface area contributed by atoms with Gasteiger partial charge in [-0.15, -0.1) is 0 Å². The molecule has 106 valence electrons. The number of aryl methyl sites for hydroxylation is 2. The van der Waals surface area contributed by atoms with Crippen LogP contribution in [-0.4, -0.2) is 5.16 Å². The third-order valence-electron chi connectivity index (χ3n) is 3.46. The number of halogens is 1.